The standard InChI is InChI=1S/C22H28N6O2S/c1-14-18(23)22(13-30-14)6-10-28(11-7-22)21-25-12-17(20(29)27(21)3)31-16-4-8-24-19-15(16)5-9-26(19)2/h4-5,8-9,12,14,18H,6-7,10-11,13,23H2,1-3H3/t14-,18+/m0/s1. The van der Waals surface area contributed by atoms with Crippen LogP contribution in [-0.4, -0.2) is 50.9 Å². The van der Waals surface area contributed by atoms with Crippen LogP contribution in [0.15, 0.2) is 45.3 Å². The normalized spacial score (nSPS) is 23.2. The highest BCUT2D eigenvalue weighted by molar-refractivity contribution is 7.99. The number of hydrogen-bond donors (Lipinski definition) is 1. The molecule has 0 amide bonds. The molecule has 2 N–H and O–H groups in total. The lowest BCUT2D eigenvalue weighted by molar-refractivity contribution is 0.0973. The van der Waals surface area contributed by atoms with E-state index in [1.165, 1.54) is 11.8 Å². The Hall–Kier alpha value is -2.36. The van der Waals surface area contributed by atoms with Crippen LogP contribution in [0.25, 0.3) is 11.0 Å². The molecule has 0 radical (unpaired) electrons. The molecular weight excluding hydrogens is 412 g/mol. The van der Waals surface area contributed by atoms with E-state index in [1.807, 2.05) is 29.9 Å². The molecular formula is C22H28N6O2S. The van der Waals surface area contributed by atoms with Gasteiger partial charge >= 0.3 is 0 Å². The molecule has 31 heavy (non-hydrogen) atoms. The van der Waals surface area contributed by atoms with Gasteiger partial charge < -0.3 is 19.9 Å². The Balaban J connectivity index is 1.37. The first-order chi connectivity index (χ1) is 14.9. The SMILES string of the molecule is C[C@@H]1OCC2(CCN(c3ncc(Sc4ccnc5c4ccn5C)c(=O)n3C)CC2)[C@@H]1N. The zero-order valence-electron chi connectivity index (χ0n) is 18.1. The van der Waals surface area contributed by atoms with Gasteiger partial charge in [0.1, 0.15) is 5.65 Å². The first-order valence-corrected chi connectivity index (χ1v) is 11.5. The van der Waals surface area contributed by atoms with E-state index in [0.29, 0.717) is 10.8 Å². The van der Waals surface area contributed by atoms with E-state index in [0.717, 1.165) is 48.5 Å². The third kappa shape index (κ3) is 3.35. The average molecular weight is 441 g/mol. The smallest absolute Gasteiger partial charge is 0.268 e. The van der Waals surface area contributed by atoms with Gasteiger partial charge in [0.05, 0.1) is 23.8 Å². The molecule has 2 saturated heterocycles. The summed E-state index contributed by atoms with van der Waals surface area (Å²) in [6.45, 7) is 4.43. The Morgan fingerprint density at radius 2 is 1.97 bits per heavy atom. The van der Waals surface area contributed by atoms with Crippen LogP contribution in [0.4, 0.5) is 5.95 Å². The third-order valence-corrected chi connectivity index (χ3v) is 8.03. The van der Waals surface area contributed by atoms with E-state index in [-0.39, 0.29) is 23.1 Å². The van der Waals surface area contributed by atoms with E-state index < -0.39 is 0 Å². The molecule has 0 aromatic carbocycles. The van der Waals surface area contributed by atoms with Gasteiger partial charge in [-0.2, -0.15) is 0 Å². The molecule has 9 heteroatoms. The molecule has 0 bridgehead atoms. The highest BCUT2D eigenvalue weighted by atomic mass is 32.2. The number of fused-ring (bicyclic) bond motifs is 1. The van der Waals surface area contributed by atoms with Crippen molar-refractivity contribution in [2.24, 2.45) is 25.2 Å². The monoisotopic (exact) mass is 440 g/mol. The molecule has 5 heterocycles. The fraction of sp³-hybridized carbons (Fsp3) is 0.500. The molecule has 5 rings (SSSR count). The maximum atomic E-state index is 13.1. The highest BCUT2D eigenvalue weighted by Gasteiger charge is 2.47. The van der Waals surface area contributed by atoms with Crippen LogP contribution in [0, 0.1) is 5.41 Å². The van der Waals surface area contributed by atoms with Crippen LogP contribution in [0.5, 0.6) is 0 Å². The number of piperidine rings is 1. The maximum Gasteiger partial charge on any atom is 0.268 e. The number of ether oxygens (including phenoxy) is 1. The van der Waals surface area contributed by atoms with Crippen LogP contribution in [-0.2, 0) is 18.8 Å². The zero-order chi connectivity index (χ0) is 21.8. The Morgan fingerprint density at radius 1 is 1.19 bits per heavy atom. The molecule has 2 aliphatic heterocycles. The second kappa shape index (κ2) is 7.65. The number of nitrogens with zero attached hydrogens (tertiary/aromatic N) is 5. The van der Waals surface area contributed by atoms with Crippen LogP contribution in [0.2, 0.25) is 0 Å². The second-order valence-electron chi connectivity index (χ2n) is 8.75. The summed E-state index contributed by atoms with van der Waals surface area (Å²) in [4.78, 5) is 26.0. The van der Waals surface area contributed by atoms with Crippen LogP contribution >= 0.6 is 11.8 Å². The van der Waals surface area contributed by atoms with E-state index >= 15 is 0 Å². The van der Waals surface area contributed by atoms with Crippen molar-refractivity contribution in [2.45, 2.75) is 41.7 Å². The van der Waals surface area contributed by atoms with Crippen LogP contribution < -0.4 is 16.2 Å². The predicted octanol–water partition coefficient (Wildman–Crippen LogP) is 2.15. The van der Waals surface area contributed by atoms with E-state index in [4.69, 9.17) is 10.5 Å². The molecule has 2 fully saturated rings. The van der Waals surface area contributed by atoms with Gasteiger partial charge in [0.25, 0.3) is 5.56 Å². The van der Waals surface area contributed by atoms with Crippen molar-refractivity contribution >= 4 is 28.7 Å². The van der Waals surface area contributed by atoms with Crippen LogP contribution in [0.3, 0.4) is 0 Å². The van der Waals surface area contributed by atoms with Crippen molar-refractivity contribution in [1.29, 1.82) is 0 Å². The number of hydrogen-bond acceptors (Lipinski definition) is 7. The van der Waals surface area contributed by atoms with Crippen molar-refractivity contribution in [3.05, 3.63) is 41.1 Å². The maximum absolute atomic E-state index is 13.1. The molecule has 3 aromatic heterocycles. The molecule has 0 saturated carbocycles. The van der Waals surface area contributed by atoms with Crippen molar-refractivity contribution in [2.75, 3.05) is 24.6 Å². The summed E-state index contributed by atoms with van der Waals surface area (Å²) in [6, 6.07) is 4.04. The van der Waals surface area contributed by atoms with Gasteiger partial charge in [0.2, 0.25) is 5.95 Å². The van der Waals surface area contributed by atoms with Crippen molar-refractivity contribution in [1.82, 2.24) is 19.1 Å². The lowest BCUT2D eigenvalue weighted by Gasteiger charge is -2.41. The lowest BCUT2D eigenvalue weighted by atomic mass is 9.73. The summed E-state index contributed by atoms with van der Waals surface area (Å²) < 4.78 is 9.46. The molecule has 3 aromatic rings. The molecule has 2 aliphatic rings. The van der Waals surface area contributed by atoms with E-state index in [2.05, 4.69) is 21.8 Å². The Bertz CT molecular complexity index is 1180. The minimum absolute atomic E-state index is 0.0364. The number of nitrogens with two attached hydrogens (primary N) is 1. The lowest BCUT2D eigenvalue weighted by Crippen LogP contribution is -2.51. The largest absolute Gasteiger partial charge is 0.376 e. The predicted molar refractivity (Wildman–Crippen MR) is 122 cm³/mol. The molecule has 164 valence electrons. The summed E-state index contributed by atoms with van der Waals surface area (Å²) in [6.07, 6.45) is 7.47. The van der Waals surface area contributed by atoms with Crippen molar-refractivity contribution in [3.63, 3.8) is 0 Å². The van der Waals surface area contributed by atoms with Crippen LogP contribution in [0.1, 0.15) is 19.8 Å². The summed E-state index contributed by atoms with van der Waals surface area (Å²) in [5.74, 6) is 0.712. The number of aryl methyl sites for hydroxylation is 1. The fourth-order valence-electron chi connectivity index (χ4n) is 4.85. The summed E-state index contributed by atoms with van der Waals surface area (Å²) >= 11 is 1.44. The quantitative estimate of drug-likeness (QED) is 0.667. The van der Waals surface area contributed by atoms with E-state index in [1.54, 1.807) is 24.0 Å². The Kier molecular flexibility index (Phi) is 5.07. The van der Waals surface area contributed by atoms with Gasteiger partial charge in [-0.15, -0.1) is 0 Å². The van der Waals surface area contributed by atoms with Gasteiger partial charge in [-0.05, 0) is 31.9 Å². The first kappa shape index (κ1) is 20.5. The highest BCUT2D eigenvalue weighted by Crippen LogP contribution is 2.41. The van der Waals surface area contributed by atoms with Gasteiger partial charge in [-0.1, -0.05) is 11.8 Å². The average Bonchev–Trinajstić information content (AvgIpc) is 3.29. The molecule has 8 nitrogen and oxygen atoms in total. The molecule has 0 unspecified atom stereocenters. The number of aromatic nitrogens is 4. The Labute approximate surface area is 185 Å². The minimum Gasteiger partial charge on any atom is -0.376 e. The summed E-state index contributed by atoms with van der Waals surface area (Å²) in [5.41, 5.74) is 7.35. The molecule has 0 aliphatic carbocycles. The van der Waals surface area contributed by atoms with Gasteiger partial charge in [0, 0.05) is 61.3 Å². The zero-order valence-corrected chi connectivity index (χ0v) is 18.9. The van der Waals surface area contributed by atoms with Gasteiger partial charge in [-0.25, -0.2) is 9.97 Å². The van der Waals surface area contributed by atoms with Crippen molar-refractivity contribution < 1.29 is 4.74 Å². The molecule has 1 spiro atoms. The van der Waals surface area contributed by atoms with Crippen molar-refractivity contribution in [3.8, 4) is 0 Å². The second-order valence-corrected chi connectivity index (χ2v) is 9.84. The van der Waals surface area contributed by atoms with E-state index in [9.17, 15) is 4.79 Å². The Morgan fingerprint density at radius 3 is 2.68 bits per heavy atom. The van der Waals surface area contributed by atoms with Gasteiger partial charge in [-0.3, -0.25) is 9.36 Å². The third-order valence-electron chi connectivity index (χ3n) is 6.95. The first-order valence-electron chi connectivity index (χ1n) is 10.7. The summed E-state index contributed by atoms with van der Waals surface area (Å²) in [5, 5.41) is 1.03. The minimum atomic E-state index is -0.0364. The summed E-state index contributed by atoms with van der Waals surface area (Å²) in [7, 11) is 3.77. The molecule has 2 atom stereocenters. The number of rotatable bonds is 3. The number of pyridine rings is 1. The topological polar surface area (TPSA) is 91.2 Å². The number of anilines is 1. The van der Waals surface area contributed by atoms with Gasteiger partial charge in [0.15, 0.2) is 0 Å². The fourth-order valence-corrected chi connectivity index (χ4v) is 5.81.